The lowest BCUT2D eigenvalue weighted by atomic mass is 10.1. The minimum Gasteiger partial charge on any atom is -0.497 e. The summed E-state index contributed by atoms with van der Waals surface area (Å²) in [6, 6.07) is 12.4. The van der Waals surface area contributed by atoms with Crippen molar-refractivity contribution >= 4 is 11.6 Å². The molecular formula is C21H20FN3O4. The number of hydrogen-bond acceptors (Lipinski definition) is 5. The number of rotatable bonds is 6. The standard InChI is InChI=1S/C21H20FN3O4/c1-13-4-5-14(10-17(13)22)23-20(26)12-25-21(27)9-7-18(24-25)16-11-15(28-2)6-8-19(16)29-3/h4-11H,12H2,1-3H3,(H,23,26). The monoisotopic (exact) mass is 397 g/mol. The Morgan fingerprint density at radius 1 is 1.10 bits per heavy atom. The molecule has 0 saturated carbocycles. The van der Waals surface area contributed by atoms with Crippen LogP contribution in [-0.2, 0) is 11.3 Å². The predicted octanol–water partition coefficient (Wildman–Crippen LogP) is 3.01. The smallest absolute Gasteiger partial charge is 0.267 e. The van der Waals surface area contributed by atoms with Gasteiger partial charge in [0.15, 0.2) is 0 Å². The van der Waals surface area contributed by atoms with Crippen molar-refractivity contribution in [3.8, 4) is 22.8 Å². The number of aryl methyl sites for hydroxylation is 1. The quantitative estimate of drug-likeness (QED) is 0.691. The van der Waals surface area contributed by atoms with E-state index < -0.39 is 17.3 Å². The number of methoxy groups -OCH3 is 2. The molecule has 2 aromatic carbocycles. The molecule has 1 amide bonds. The first-order valence-corrected chi connectivity index (χ1v) is 8.78. The van der Waals surface area contributed by atoms with Crippen LogP contribution in [0.3, 0.4) is 0 Å². The predicted molar refractivity (Wildman–Crippen MR) is 107 cm³/mol. The third-order valence-corrected chi connectivity index (χ3v) is 4.30. The van der Waals surface area contributed by atoms with E-state index >= 15 is 0 Å². The summed E-state index contributed by atoms with van der Waals surface area (Å²) in [5, 5.41) is 6.84. The summed E-state index contributed by atoms with van der Waals surface area (Å²) in [7, 11) is 3.06. The van der Waals surface area contributed by atoms with E-state index in [1.807, 2.05) is 0 Å². The molecule has 0 saturated heterocycles. The van der Waals surface area contributed by atoms with Gasteiger partial charge in [-0.05, 0) is 48.9 Å². The summed E-state index contributed by atoms with van der Waals surface area (Å²) in [5.74, 6) is 0.213. The van der Waals surface area contributed by atoms with E-state index in [0.717, 1.165) is 4.68 Å². The van der Waals surface area contributed by atoms with Gasteiger partial charge in [-0.25, -0.2) is 9.07 Å². The molecule has 150 valence electrons. The summed E-state index contributed by atoms with van der Waals surface area (Å²) in [5.41, 5.74) is 1.38. The molecule has 0 aliphatic rings. The largest absolute Gasteiger partial charge is 0.497 e. The maximum absolute atomic E-state index is 13.7. The van der Waals surface area contributed by atoms with Gasteiger partial charge < -0.3 is 14.8 Å². The van der Waals surface area contributed by atoms with Crippen LogP contribution in [0.2, 0.25) is 0 Å². The molecule has 0 aliphatic carbocycles. The first-order chi connectivity index (χ1) is 13.9. The van der Waals surface area contributed by atoms with Crippen LogP contribution in [0.1, 0.15) is 5.56 Å². The van der Waals surface area contributed by atoms with Gasteiger partial charge in [-0.2, -0.15) is 5.10 Å². The van der Waals surface area contributed by atoms with Gasteiger partial charge >= 0.3 is 0 Å². The summed E-state index contributed by atoms with van der Waals surface area (Å²) in [6.45, 7) is 1.30. The molecule has 1 aromatic heterocycles. The molecule has 29 heavy (non-hydrogen) atoms. The summed E-state index contributed by atoms with van der Waals surface area (Å²) in [6.07, 6.45) is 0. The van der Waals surface area contributed by atoms with Crippen LogP contribution >= 0.6 is 0 Å². The number of ether oxygens (including phenoxy) is 2. The van der Waals surface area contributed by atoms with Gasteiger partial charge in [0, 0.05) is 17.3 Å². The van der Waals surface area contributed by atoms with E-state index in [-0.39, 0.29) is 6.54 Å². The van der Waals surface area contributed by atoms with Gasteiger partial charge in [-0.3, -0.25) is 9.59 Å². The van der Waals surface area contributed by atoms with Crippen LogP contribution in [0.4, 0.5) is 10.1 Å². The van der Waals surface area contributed by atoms with Crippen molar-refractivity contribution < 1.29 is 18.7 Å². The number of halogens is 1. The summed E-state index contributed by atoms with van der Waals surface area (Å²) >= 11 is 0. The highest BCUT2D eigenvalue weighted by Gasteiger charge is 2.13. The molecule has 8 heteroatoms. The number of amides is 1. The fourth-order valence-corrected chi connectivity index (χ4v) is 2.73. The second kappa shape index (κ2) is 8.55. The number of nitrogens with zero attached hydrogens (tertiary/aromatic N) is 2. The highest BCUT2D eigenvalue weighted by Crippen LogP contribution is 2.31. The maximum Gasteiger partial charge on any atom is 0.267 e. The first kappa shape index (κ1) is 20.1. The Balaban J connectivity index is 1.87. The number of anilines is 1. The Kier molecular flexibility index (Phi) is 5.92. The van der Waals surface area contributed by atoms with Gasteiger partial charge in [-0.15, -0.1) is 0 Å². The maximum atomic E-state index is 13.7. The molecule has 0 radical (unpaired) electrons. The number of carbonyl (C=O) groups excluding carboxylic acids is 1. The van der Waals surface area contributed by atoms with E-state index in [1.165, 1.54) is 26.4 Å². The zero-order valence-electron chi connectivity index (χ0n) is 16.2. The Morgan fingerprint density at radius 2 is 1.90 bits per heavy atom. The summed E-state index contributed by atoms with van der Waals surface area (Å²) < 4.78 is 25.3. The molecule has 0 bridgehead atoms. The highest BCUT2D eigenvalue weighted by atomic mass is 19.1. The van der Waals surface area contributed by atoms with Crippen LogP contribution < -0.4 is 20.3 Å². The minimum atomic E-state index is -0.502. The van der Waals surface area contributed by atoms with E-state index in [4.69, 9.17) is 9.47 Å². The van der Waals surface area contributed by atoms with E-state index in [2.05, 4.69) is 10.4 Å². The molecular weight excluding hydrogens is 377 g/mol. The van der Waals surface area contributed by atoms with Crippen molar-refractivity contribution in [2.45, 2.75) is 13.5 Å². The first-order valence-electron chi connectivity index (χ1n) is 8.78. The van der Waals surface area contributed by atoms with Gasteiger partial charge in [0.1, 0.15) is 23.9 Å². The van der Waals surface area contributed by atoms with Crippen molar-refractivity contribution in [1.82, 2.24) is 9.78 Å². The second-order valence-corrected chi connectivity index (χ2v) is 6.29. The van der Waals surface area contributed by atoms with Crippen LogP contribution in [0.25, 0.3) is 11.3 Å². The number of benzene rings is 2. The van der Waals surface area contributed by atoms with E-state index in [9.17, 15) is 14.0 Å². The average molecular weight is 397 g/mol. The topological polar surface area (TPSA) is 82.5 Å². The molecule has 1 N–H and O–H groups in total. The number of hydrogen-bond donors (Lipinski definition) is 1. The van der Waals surface area contributed by atoms with E-state index in [1.54, 1.807) is 43.3 Å². The van der Waals surface area contributed by atoms with Gasteiger partial charge in [0.25, 0.3) is 5.56 Å². The number of aromatic nitrogens is 2. The highest BCUT2D eigenvalue weighted by molar-refractivity contribution is 5.90. The van der Waals surface area contributed by atoms with Gasteiger partial charge in [0.05, 0.1) is 19.9 Å². The molecule has 1 heterocycles. The molecule has 0 atom stereocenters. The van der Waals surface area contributed by atoms with Gasteiger partial charge in [0.2, 0.25) is 5.91 Å². The van der Waals surface area contributed by atoms with Crippen molar-refractivity contribution in [3.63, 3.8) is 0 Å². The molecule has 3 rings (SSSR count). The van der Waals surface area contributed by atoms with Crippen molar-refractivity contribution in [3.05, 3.63) is 70.3 Å². The zero-order chi connectivity index (χ0) is 21.0. The zero-order valence-corrected chi connectivity index (χ0v) is 16.2. The fraction of sp³-hybridized carbons (Fsp3) is 0.190. The molecule has 0 spiro atoms. The Morgan fingerprint density at radius 3 is 2.59 bits per heavy atom. The third-order valence-electron chi connectivity index (χ3n) is 4.30. The van der Waals surface area contributed by atoms with Crippen LogP contribution in [0.15, 0.2) is 53.3 Å². The lowest BCUT2D eigenvalue weighted by Crippen LogP contribution is -2.29. The van der Waals surface area contributed by atoms with Crippen LogP contribution in [0.5, 0.6) is 11.5 Å². The normalized spacial score (nSPS) is 10.5. The third kappa shape index (κ3) is 4.60. The number of nitrogens with one attached hydrogen (secondary N) is 1. The molecule has 0 aliphatic heterocycles. The molecule has 3 aromatic rings. The Hall–Kier alpha value is -3.68. The van der Waals surface area contributed by atoms with Crippen molar-refractivity contribution in [1.29, 1.82) is 0 Å². The lowest BCUT2D eigenvalue weighted by molar-refractivity contribution is -0.117. The van der Waals surface area contributed by atoms with Crippen molar-refractivity contribution in [2.24, 2.45) is 0 Å². The van der Waals surface area contributed by atoms with Crippen molar-refractivity contribution in [2.75, 3.05) is 19.5 Å². The van der Waals surface area contributed by atoms with Crippen LogP contribution in [-0.4, -0.2) is 29.9 Å². The van der Waals surface area contributed by atoms with Gasteiger partial charge in [-0.1, -0.05) is 6.07 Å². The SMILES string of the molecule is COc1ccc(OC)c(-c2ccc(=O)n(CC(=O)Nc3ccc(C)c(F)c3)n2)c1. The Bertz CT molecular complexity index is 1110. The fourth-order valence-electron chi connectivity index (χ4n) is 2.73. The summed E-state index contributed by atoms with van der Waals surface area (Å²) in [4.78, 5) is 24.5. The molecule has 0 fully saturated rings. The van der Waals surface area contributed by atoms with Crippen LogP contribution in [0, 0.1) is 12.7 Å². The minimum absolute atomic E-state index is 0.303. The molecule has 0 unspecified atom stereocenters. The number of carbonyl (C=O) groups is 1. The Labute approximate surface area is 166 Å². The second-order valence-electron chi connectivity index (χ2n) is 6.29. The van der Waals surface area contributed by atoms with E-state index in [0.29, 0.717) is 34.0 Å². The lowest BCUT2D eigenvalue weighted by Gasteiger charge is -2.12. The molecule has 7 nitrogen and oxygen atoms in total. The average Bonchev–Trinajstić information content (AvgIpc) is 2.72.